The van der Waals surface area contributed by atoms with Crippen molar-refractivity contribution in [3.05, 3.63) is 77.0 Å². The van der Waals surface area contributed by atoms with Crippen molar-refractivity contribution >= 4 is 23.4 Å². The van der Waals surface area contributed by atoms with Crippen LogP contribution in [-0.4, -0.2) is 68.3 Å². The van der Waals surface area contributed by atoms with Crippen LogP contribution >= 0.6 is 0 Å². The van der Waals surface area contributed by atoms with Crippen LogP contribution in [0, 0.1) is 6.92 Å². The Morgan fingerprint density at radius 2 is 1.48 bits per heavy atom. The topological polar surface area (TPSA) is 62.7 Å². The monoisotopic (exact) mass is 679 g/mol. The number of ether oxygens (including phenoxy) is 1. The van der Waals surface area contributed by atoms with Crippen molar-refractivity contribution in [2.75, 3.05) is 56.8 Å². The number of nitrogens with zero attached hydrogens (tertiary/aromatic N) is 4. The third kappa shape index (κ3) is 8.11. The molecule has 0 aliphatic carbocycles. The number of hydrogen-bond donors (Lipinski definition) is 0. The summed E-state index contributed by atoms with van der Waals surface area (Å²) in [6.45, 7) is 9.29. The van der Waals surface area contributed by atoms with Crippen molar-refractivity contribution < 1.29 is 45.2 Å². The fourth-order valence-electron chi connectivity index (χ4n) is 5.75. The molecule has 0 atom stereocenters. The third-order valence-electron chi connectivity index (χ3n) is 8.95. The molecular weight excluding hydrogens is 638 g/mol. The van der Waals surface area contributed by atoms with E-state index in [9.17, 15) is 35.9 Å². The van der Waals surface area contributed by atoms with Gasteiger partial charge in [0, 0.05) is 19.0 Å². The van der Waals surface area contributed by atoms with Crippen LogP contribution in [0.4, 0.5) is 37.8 Å². The van der Waals surface area contributed by atoms with Crippen molar-refractivity contribution in [2.24, 2.45) is 0 Å². The summed E-state index contributed by atoms with van der Waals surface area (Å²) in [6.07, 6.45) is -7.52. The first-order valence-corrected chi connectivity index (χ1v) is 15.6. The molecular formula is C35H41F6N4O3+. The highest BCUT2D eigenvalue weighted by atomic mass is 19.4. The molecule has 3 aromatic rings. The first-order chi connectivity index (χ1) is 22.3. The van der Waals surface area contributed by atoms with E-state index in [1.54, 1.807) is 0 Å². The van der Waals surface area contributed by atoms with E-state index in [0.717, 1.165) is 11.1 Å². The quantitative estimate of drug-likeness (QED) is 0.133. The van der Waals surface area contributed by atoms with Gasteiger partial charge in [-0.1, -0.05) is 31.2 Å². The maximum absolute atomic E-state index is 14.1. The van der Waals surface area contributed by atoms with Crippen LogP contribution in [0.1, 0.15) is 55.9 Å². The highest BCUT2D eigenvalue weighted by Crippen LogP contribution is 2.41. The second-order valence-electron chi connectivity index (χ2n) is 13.1. The second-order valence-corrected chi connectivity index (χ2v) is 13.1. The maximum Gasteiger partial charge on any atom is 0.416 e. The molecule has 0 saturated carbocycles. The van der Waals surface area contributed by atoms with E-state index in [1.807, 2.05) is 51.2 Å². The van der Waals surface area contributed by atoms with Gasteiger partial charge in [-0.25, -0.2) is 4.98 Å². The number of esters is 1. The standard InChI is InChI=1S/C35H41F6N4O3/c1-7-10-31(46)48-22-45(6)15-13-44(14-16-45)30-20-28(27-12-9-8-11-23(27)2)29(21-42-30)43(5)32(47)33(3,4)24-17-25(34(36,37)38)19-26(18-24)35(39,40)41/h8-9,11-12,17-21H,7,10,13-16,22H2,1-6H3/q+1. The van der Waals surface area contributed by atoms with Gasteiger partial charge in [-0.05, 0) is 68.1 Å². The van der Waals surface area contributed by atoms with Crippen LogP contribution in [0.3, 0.4) is 0 Å². The zero-order valence-electron chi connectivity index (χ0n) is 27.9. The van der Waals surface area contributed by atoms with Crippen LogP contribution in [0.15, 0.2) is 54.7 Å². The Balaban J connectivity index is 1.68. The molecule has 13 heteroatoms. The number of carbonyl (C=O) groups excluding carboxylic acids is 2. The predicted molar refractivity (Wildman–Crippen MR) is 171 cm³/mol. The van der Waals surface area contributed by atoms with Gasteiger partial charge in [0.2, 0.25) is 12.6 Å². The van der Waals surface area contributed by atoms with Gasteiger partial charge < -0.3 is 14.5 Å². The molecule has 0 N–H and O–H groups in total. The number of halogens is 6. The predicted octanol–water partition coefficient (Wildman–Crippen LogP) is 7.60. The molecule has 7 nitrogen and oxygen atoms in total. The number of pyridine rings is 1. The summed E-state index contributed by atoms with van der Waals surface area (Å²) in [4.78, 5) is 34.0. The smallest absolute Gasteiger partial charge is 0.415 e. The first-order valence-electron chi connectivity index (χ1n) is 15.6. The number of aromatic nitrogens is 1. The molecule has 1 aliphatic rings. The Kier molecular flexibility index (Phi) is 10.5. The van der Waals surface area contributed by atoms with Gasteiger partial charge in [-0.15, -0.1) is 0 Å². The SMILES string of the molecule is CCCC(=O)OC[N+]1(C)CCN(c2cc(-c3ccccc3C)c(N(C)C(=O)C(C)(C)c3cc(C(F)(F)F)cc(C(F)(F)F)c3)cn2)CC1. The molecule has 0 bridgehead atoms. The Morgan fingerprint density at radius 3 is 2.02 bits per heavy atom. The molecule has 1 aliphatic heterocycles. The zero-order chi connectivity index (χ0) is 35.7. The summed E-state index contributed by atoms with van der Waals surface area (Å²) in [7, 11) is 3.46. The molecule has 1 saturated heterocycles. The van der Waals surface area contributed by atoms with Gasteiger partial charge in [-0.3, -0.25) is 14.1 Å². The van der Waals surface area contributed by atoms with Crippen LogP contribution in [0.5, 0.6) is 0 Å². The van der Waals surface area contributed by atoms with E-state index in [-0.39, 0.29) is 18.8 Å². The minimum absolute atomic E-state index is 0.0494. The largest absolute Gasteiger partial charge is 0.416 e. The number of quaternary nitrogens is 1. The highest BCUT2D eigenvalue weighted by Gasteiger charge is 2.41. The molecule has 1 amide bonds. The number of benzene rings is 2. The lowest BCUT2D eigenvalue weighted by molar-refractivity contribution is -0.926. The van der Waals surface area contributed by atoms with Gasteiger partial charge in [0.25, 0.3) is 0 Å². The average molecular weight is 680 g/mol. The van der Waals surface area contributed by atoms with E-state index in [4.69, 9.17) is 4.74 Å². The van der Waals surface area contributed by atoms with Crippen LogP contribution in [-0.2, 0) is 32.1 Å². The summed E-state index contributed by atoms with van der Waals surface area (Å²) < 4.78 is 88.0. The average Bonchev–Trinajstić information content (AvgIpc) is 3.02. The molecule has 4 rings (SSSR count). The minimum Gasteiger partial charge on any atom is -0.415 e. The minimum atomic E-state index is -5.05. The van der Waals surface area contributed by atoms with Crippen LogP contribution in [0.25, 0.3) is 11.1 Å². The number of piperazine rings is 1. The highest BCUT2D eigenvalue weighted by molar-refractivity contribution is 6.03. The maximum atomic E-state index is 14.1. The van der Waals surface area contributed by atoms with Gasteiger partial charge in [0.15, 0.2) is 0 Å². The van der Waals surface area contributed by atoms with Crippen LogP contribution < -0.4 is 9.80 Å². The first kappa shape index (κ1) is 36.7. The molecule has 260 valence electrons. The number of likely N-dealkylation sites (N-methyl/N-ethyl adjacent to an activating group) is 2. The Morgan fingerprint density at radius 1 is 0.917 bits per heavy atom. The number of anilines is 2. The Hall–Kier alpha value is -4.13. The van der Waals surface area contributed by atoms with E-state index >= 15 is 0 Å². The van der Waals surface area contributed by atoms with E-state index < -0.39 is 40.4 Å². The number of alkyl halides is 6. The lowest BCUT2D eigenvalue weighted by atomic mass is 9.81. The molecule has 1 fully saturated rings. The van der Waals surface area contributed by atoms with Gasteiger partial charge >= 0.3 is 18.3 Å². The number of carbonyl (C=O) groups is 2. The van der Waals surface area contributed by atoms with Crippen molar-refractivity contribution in [1.29, 1.82) is 0 Å². The summed E-state index contributed by atoms with van der Waals surface area (Å²) in [5.74, 6) is -0.308. The normalized spacial score (nSPS) is 15.3. The number of hydrogen-bond acceptors (Lipinski definition) is 5. The van der Waals surface area contributed by atoms with Crippen molar-refractivity contribution in [1.82, 2.24) is 4.98 Å². The van der Waals surface area contributed by atoms with E-state index in [1.165, 1.54) is 32.0 Å². The third-order valence-corrected chi connectivity index (χ3v) is 8.95. The van der Waals surface area contributed by atoms with E-state index in [0.29, 0.717) is 72.7 Å². The number of rotatable bonds is 9. The lowest BCUT2D eigenvalue weighted by Gasteiger charge is -2.41. The second kappa shape index (κ2) is 13.8. The summed E-state index contributed by atoms with van der Waals surface area (Å²) in [5.41, 5.74) is -2.54. The summed E-state index contributed by atoms with van der Waals surface area (Å²) in [6, 6.07) is 10.6. The van der Waals surface area contributed by atoms with E-state index in [2.05, 4.69) is 9.88 Å². The van der Waals surface area contributed by atoms with Gasteiger partial charge in [0.05, 0.1) is 61.7 Å². The lowest BCUT2D eigenvalue weighted by Crippen LogP contribution is -2.58. The molecule has 0 radical (unpaired) electrons. The fourth-order valence-corrected chi connectivity index (χ4v) is 5.75. The molecule has 0 spiro atoms. The molecule has 0 unspecified atom stereocenters. The van der Waals surface area contributed by atoms with Crippen LogP contribution in [0.2, 0.25) is 0 Å². The number of aryl methyl sites for hydroxylation is 1. The fraction of sp³-hybridized carbons (Fsp3) is 0.457. The zero-order valence-corrected chi connectivity index (χ0v) is 27.9. The van der Waals surface area contributed by atoms with Crippen molar-refractivity contribution in [3.8, 4) is 11.1 Å². The molecule has 2 aromatic carbocycles. The molecule has 2 heterocycles. The molecule has 48 heavy (non-hydrogen) atoms. The summed E-state index contributed by atoms with van der Waals surface area (Å²) in [5, 5.41) is 0. The Labute approximate surface area is 276 Å². The van der Waals surface area contributed by atoms with Gasteiger partial charge in [-0.2, -0.15) is 26.3 Å². The summed E-state index contributed by atoms with van der Waals surface area (Å²) >= 11 is 0. The van der Waals surface area contributed by atoms with Crippen molar-refractivity contribution in [3.63, 3.8) is 0 Å². The van der Waals surface area contributed by atoms with Crippen molar-refractivity contribution in [2.45, 2.75) is 58.3 Å². The number of amides is 1. The Bertz CT molecular complexity index is 1610. The van der Waals surface area contributed by atoms with Gasteiger partial charge in [0.1, 0.15) is 5.82 Å². The molecule has 1 aromatic heterocycles.